The highest BCUT2D eigenvalue weighted by Crippen LogP contribution is 2.18. The molecule has 0 atom stereocenters. The Morgan fingerprint density at radius 2 is 2.14 bits per heavy atom. The van der Waals surface area contributed by atoms with Gasteiger partial charge < -0.3 is 10.7 Å². The lowest BCUT2D eigenvalue weighted by Gasteiger charge is -2.00. The number of aromatic amines is 2. The summed E-state index contributed by atoms with van der Waals surface area (Å²) in [6.45, 7) is 1.94. The first-order chi connectivity index (χ1) is 10.5. The number of imidazole rings is 1. The molecule has 0 unspecified atom stereocenters. The second-order valence-corrected chi connectivity index (χ2v) is 5.74. The third kappa shape index (κ3) is 2.86. The smallest absolute Gasteiger partial charge is 0.278 e. The summed E-state index contributed by atoms with van der Waals surface area (Å²) in [6.07, 6.45) is 0. The lowest BCUT2D eigenvalue weighted by molar-refractivity contribution is 0.102. The van der Waals surface area contributed by atoms with Gasteiger partial charge in [-0.3, -0.25) is 14.6 Å². The van der Waals surface area contributed by atoms with Crippen LogP contribution >= 0.6 is 11.8 Å². The Bertz CT molecular complexity index is 915. The summed E-state index contributed by atoms with van der Waals surface area (Å²) in [7, 11) is 0. The molecule has 0 saturated heterocycles. The Morgan fingerprint density at radius 3 is 2.91 bits per heavy atom. The van der Waals surface area contributed by atoms with Crippen LogP contribution in [-0.2, 0) is 0 Å². The molecule has 22 heavy (non-hydrogen) atoms. The molecule has 112 valence electrons. The van der Waals surface area contributed by atoms with Gasteiger partial charge in [0.15, 0.2) is 22.1 Å². The minimum absolute atomic E-state index is 0.00413. The van der Waals surface area contributed by atoms with Gasteiger partial charge in [0.2, 0.25) is 5.95 Å². The van der Waals surface area contributed by atoms with Crippen LogP contribution in [-0.4, -0.2) is 31.5 Å². The van der Waals surface area contributed by atoms with Gasteiger partial charge >= 0.3 is 0 Å². The van der Waals surface area contributed by atoms with Crippen molar-refractivity contribution in [3.05, 3.63) is 45.7 Å². The first kappa shape index (κ1) is 14.3. The number of H-pyrrole nitrogens is 2. The van der Waals surface area contributed by atoms with Crippen LogP contribution in [0.1, 0.15) is 15.9 Å². The molecular weight excluding hydrogens is 302 g/mol. The van der Waals surface area contributed by atoms with Gasteiger partial charge in [0.05, 0.1) is 5.75 Å². The van der Waals surface area contributed by atoms with Gasteiger partial charge in [-0.15, -0.1) is 0 Å². The molecule has 0 bridgehead atoms. The zero-order valence-electron chi connectivity index (χ0n) is 11.7. The van der Waals surface area contributed by atoms with Crippen molar-refractivity contribution in [3.63, 3.8) is 0 Å². The molecule has 0 aliphatic carbocycles. The maximum Gasteiger partial charge on any atom is 0.278 e. The second kappa shape index (κ2) is 5.64. The van der Waals surface area contributed by atoms with Gasteiger partial charge in [-0.2, -0.15) is 4.98 Å². The maximum absolute atomic E-state index is 12.1. The van der Waals surface area contributed by atoms with Crippen LogP contribution in [0, 0.1) is 6.92 Å². The fraction of sp³-hybridized carbons (Fsp3) is 0.143. The van der Waals surface area contributed by atoms with E-state index in [-0.39, 0.29) is 34.2 Å². The van der Waals surface area contributed by atoms with Gasteiger partial charge in [-0.25, -0.2) is 4.98 Å². The SMILES string of the molecule is Cc1cccc(C(=O)CSc2nc3nc(N)[nH]c(=O)c3[nH]2)c1. The van der Waals surface area contributed by atoms with Crippen molar-refractivity contribution in [2.24, 2.45) is 0 Å². The minimum Gasteiger partial charge on any atom is -0.369 e. The second-order valence-electron chi connectivity index (χ2n) is 4.77. The summed E-state index contributed by atoms with van der Waals surface area (Å²) in [4.78, 5) is 37.2. The molecular formula is C14H13N5O2S. The van der Waals surface area contributed by atoms with E-state index in [0.717, 1.165) is 5.56 Å². The molecule has 0 fully saturated rings. The number of fused-ring (bicyclic) bond motifs is 1. The molecule has 0 radical (unpaired) electrons. The van der Waals surface area contributed by atoms with Crippen molar-refractivity contribution in [1.29, 1.82) is 0 Å². The Labute approximate surface area is 129 Å². The number of nitrogens with two attached hydrogens (primary N) is 1. The first-order valence-electron chi connectivity index (χ1n) is 6.51. The number of nitrogens with one attached hydrogen (secondary N) is 2. The lowest BCUT2D eigenvalue weighted by atomic mass is 10.1. The van der Waals surface area contributed by atoms with Gasteiger partial charge in [0, 0.05) is 5.56 Å². The zero-order valence-corrected chi connectivity index (χ0v) is 12.5. The third-order valence-electron chi connectivity index (χ3n) is 3.04. The third-order valence-corrected chi connectivity index (χ3v) is 3.91. The zero-order chi connectivity index (χ0) is 15.7. The monoisotopic (exact) mass is 315 g/mol. The first-order valence-corrected chi connectivity index (χ1v) is 7.49. The van der Waals surface area contributed by atoms with Crippen molar-refractivity contribution < 1.29 is 4.79 Å². The van der Waals surface area contributed by atoms with E-state index in [9.17, 15) is 9.59 Å². The Kier molecular flexibility index (Phi) is 3.68. The quantitative estimate of drug-likeness (QED) is 0.496. The number of rotatable bonds is 4. The average molecular weight is 315 g/mol. The van der Waals surface area contributed by atoms with Crippen LogP contribution in [0.2, 0.25) is 0 Å². The van der Waals surface area contributed by atoms with Crippen molar-refractivity contribution >= 4 is 34.7 Å². The molecule has 0 spiro atoms. The summed E-state index contributed by atoms with van der Waals surface area (Å²) in [5, 5.41) is 0.458. The van der Waals surface area contributed by atoms with Crippen molar-refractivity contribution in [1.82, 2.24) is 19.9 Å². The molecule has 8 heteroatoms. The average Bonchev–Trinajstić information content (AvgIpc) is 2.88. The normalized spacial score (nSPS) is 11.0. The van der Waals surface area contributed by atoms with Crippen molar-refractivity contribution in [3.8, 4) is 0 Å². The van der Waals surface area contributed by atoms with E-state index >= 15 is 0 Å². The molecule has 0 amide bonds. The van der Waals surface area contributed by atoms with Crippen LogP contribution in [0.4, 0.5) is 5.95 Å². The molecule has 0 aliphatic rings. The number of hydrogen-bond donors (Lipinski definition) is 3. The van der Waals surface area contributed by atoms with Crippen LogP contribution in [0.3, 0.4) is 0 Å². The molecule has 4 N–H and O–H groups in total. The topological polar surface area (TPSA) is 118 Å². The number of hydrogen-bond acceptors (Lipinski definition) is 6. The van der Waals surface area contributed by atoms with Gasteiger partial charge in [0.1, 0.15) is 0 Å². The highest BCUT2D eigenvalue weighted by Gasteiger charge is 2.12. The number of carbonyl (C=O) groups excluding carboxylic acids is 1. The predicted octanol–water partition coefficient (Wildman–Crippen LogP) is 1.51. The van der Waals surface area contributed by atoms with Crippen molar-refractivity contribution in [2.75, 3.05) is 11.5 Å². The van der Waals surface area contributed by atoms with Crippen LogP contribution in [0.5, 0.6) is 0 Å². The number of carbonyl (C=O) groups is 1. The molecule has 2 heterocycles. The number of aryl methyl sites for hydroxylation is 1. The largest absolute Gasteiger partial charge is 0.369 e. The Balaban J connectivity index is 1.78. The molecule has 7 nitrogen and oxygen atoms in total. The van der Waals surface area contributed by atoms with Crippen LogP contribution in [0.15, 0.2) is 34.2 Å². The Hall–Kier alpha value is -2.61. The number of aromatic nitrogens is 4. The minimum atomic E-state index is -0.383. The van der Waals surface area contributed by atoms with Crippen LogP contribution < -0.4 is 11.3 Å². The molecule has 3 rings (SSSR count). The van der Waals surface area contributed by atoms with E-state index < -0.39 is 0 Å². The van der Waals surface area contributed by atoms with E-state index in [4.69, 9.17) is 5.73 Å². The highest BCUT2D eigenvalue weighted by atomic mass is 32.2. The molecule has 2 aromatic heterocycles. The summed E-state index contributed by atoms with van der Waals surface area (Å²) < 4.78 is 0. The fourth-order valence-electron chi connectivity index (χ4n) is 2.01. The lowest BCUT2D eigenvalue weighted by Crippen LogP contribution is -2.10. The highest BCUT2D eigenvalue weighted by molar-refractivity contribution is 7.99. The summed E-state index contributed by atoms with van der Waals surface area (Å²) in [6, 6.07) is 7.40. The standard InChI is InChI=1S/C14H13N5O2S/c1-7-3-2-4-8(5-7)9(20)6-22-14-16-10-11(18-14)17-13(15)19-12(10)21/h2-5H,6H2,1H3,(H4,15,16,17,18,19,21). The number of ketones is 1. The number of nitrogen functional groups attached to an aromatic ring is 1. The summed E-state index contributed by atoms with van der Waals surface area (Å²) in [5.74, 6) is 0.225. The van der Waals surface area contributed by atoms with E-state index in [1.165, 1.54) is 11.8 Å². The van der Waals surface area contributed by atoms with Gasteiger partial charge in [-0.05, 0) is 13.0 Å². The van der Waals surface area contributed by atoms with E-state index in [1.807, 2.05) is 25.1 Å². The van der Waals surface area contributed by atoms with E-state index in [1.54, 1.807) is 6.07 Å². The van der Waals surface area contributed by atoms with E-state index in [2.05, 4.69) is 19.9 Å². The fourth-order valence-corrected chi connectivity index (χ4v) is 2.77. The van der Waals surface area contributed by atoms with Crippen molar-refractivity contribution in [2.45, 2.75) is 12.1 Å². The summed E-state index contributed by atoms with van der Waals surface area (Å²) in [5.41, 5.74) is 7.26. The summed E-state index contributed by atoms with van der Waals surface area (Å²) >= 11 is 1.22. The number of anilines is 1. The van der Waals surface area contributed by atoms with Gasteiger partial charge in [-0.1, -0.05) is 35.5 Å². The molecule has 0 aliphatic heterocycles. The van der Waals surface area contributed by atoms with E-state index in [0.29, 0.717) is 10.7 Å². The number of thioether (sulfide) groups is 1. The van der Waals surface area contributed by atoms with Gasteiger partial charge in [0.25, 0.3) is 5.56 Å². The molecule has 3 aromatic rings. The Morgan fingerprint density at radius 1 is 1.32 bits per heavy atom. The maximum atomic E-state index is 12.1. The molecule has 1 aromatic carbocycles. The number of benzene rings is 1. The number of nitrogens with zero attached hydrogens (tertiary/aromatic N) is 2. The van der Waals surface area contributed by atoms with Crippen LogP contribution in [0.25, 0.3) is 11.2 Å². The molecule has 0 saturated carbocycles. The predicted molar refractivity (Wildman–Crippen MR) is 85.2 cm³/mol. The number of Topliss-reactive ketones (excluding diaryl/α,β-unsaturated/α-hetero) is 1.